The van der Waals surface area contributed by atoms with E-state index >= 15 is 0 Å². The zero-order valence-corrected chi connectivity index (χ0v) is 16.9. The lowest BCUT2D eigenvalue weighted by Gasteiger charge is -2.31. The number of amides is 1. The van der Waals surface area contributed by atoms with E-state index < -0.39 is 11.7 Å². The summed E-state index contributed by atoms with van der Waals surface area (Å²) in [5.74, 6) is -0.465. The van der Waals surface area contributed by atoms with Crippen LogP contribution in [0.25, 0.3) is 0 Å². The van der Waals surface area contributed by atoms with E-state index in [4.69, 9.17) is 10.5 Å². The van der Waals surface area contributed by atoms with Crippen molar-refractivity contribution in [1.29, 1.82) is 0 Å². The zero-order chi connectivity index (χ0) is 19.8. The van der Waals surface area contributed by atoms with Crippen LogP contribution in [0.1, 0.15) is 55.1 Å². The third kappa shape index (κ3) is 5.20. The van der Waals surface area contributed by atoms with E-state index in [9.17, 15) is 13.6 Å². The zero-order valence-electron chi connectivity index (χ0n) is 16.1. The van der Waals surface area contributed by atoms with Gasteiger partial charge < -0.3 is 15.8 Å². The highest BCUT2D eigenvalue weighted by atomic mass is 35.5. The molecule has 0 heterocycles. The molecule has 4 nitrogen and oxygen atoms in total. The Morgan fingerprint density at radius 3 is 2.07 bits per heavy atom. The van der Waals surface area contributed by atoms with Crippen molar-refractivity contribution < 1.29 is 18.3 Å². The van der Waals surface area contributed by atoms with Gasteiger partial charge in [-0.15, -0.1) is 12.4 Å². The first-order valence-corrected chi connectivity index (χ1v) is 8.94. The molecule has 2 aliphatic carbocycles. The van der Waals surface area contributed by atoms with Gasteiger partial charge >= 0.3 is 6.09 Å². The van der Waals surface area contributed by atoms with Crippen LogP contribution in [0.4, 0.5) is 13.6 Å². The second-order valence-corrected chi connectivity index (χ2v) is 7.90. The number of halogens is 3. The van der Waals surface area contributed by atoms with E-state index in [1.54, 1.807) is 32.9 Å². The first-order valence-electron chi connectivity index (χ1n) is 8.94. The van der Waals surface area contributed by atoms with Gasteiger partial charge in [-0.25, -0.2) is 13.6 Å². The van der Waals surface area contributed by atoms with Crippen molar-refractivity contribution in [3.8, 4) is 0 Å². The summed E-state index contributed by atoms with van der Waals surface area (Å²) in [6.07, 6.45) is 1.17. The Hall–Kier alpha value is -2.18. The SMILES string of the molecule is CC(C)(C)OC(=O)NC1Cc2ccc(F)cc21.Cl.NC1Cc2ccc(F)cc21. The number of benzene rings is 2. The largest absolute Gasteiger partial charge is 0.444 e. The molecule has 7 heteroatoms. The summed E-state index contributed by atoms with van der Waals surface area (Å²) in [7, 11) is 0. The maximum absolute atomic E-state index is 13.0. The van der Waals surface area contributed by atoms with E-state index in [2.05, 4.69) is 5.32 Å². The van der Waals surface area contributed by atoms with E-state index in [-0.39, 0.29) is 36.1 Å². The number of ether oxygens (including phenoxy) is 1. The van der Waals surface area contributed by atoms with Gasteiger partial charge in [-0.1, -0.05) is 12.1 Å². The smallest absolute Gasteiger partial charge is 0.408 e. The number of nitrogens with one attached hydrogen (secondary N) is 1. The molecule has 152 valence electrons. The Labute approximate surface area is 169 Å². The lowest BCUT2D eigenvalue weighted by Crippen LogP contribution is -2.39. The highest BCUT2D eigenvalue weighted by Crippen LogP contribution is 2.33. The fourth-order valence-corrected chi connectivity index (χ4v) is 3.17. The van der Waals surface area contributed by atoms with E-state index in [0.29, 0.717) is 0 Å². The van der Waals surface area contributed by atoms with Crippen molar-refractivity contribution in [2.75, 3.05) is 0 Å². The van der Waals surface area contributed by atoms with Crippen LogP contribution in [-0.4, -0.2) is 11.7 Å². The van der Waals surface area contributed by atoms with Crippen LogP contribution in [0, 0.1) is 11.6 Å². The fraction of sp³-hybridized carbons (Fsp3) is 0.381. The van der Waals surface area contributed by atoms with Gasteiger partial charge in [0.2, 0.25) is 0 Å². The Balaban J connectivity index is 0.000000217. The van der Waals surface area contributed by atoms with Crippen molar-refractivity contribution in [3.63, 3.8) is 0 Å². The minimum absolute atomic E-state index is 0. The normalized spacial score (nSPS) is 18.6. The molecule has 2 aliphatic rings. The number of hydrogen-bond donors (Lipinski definition) is 2. The fourth-order valence-electron chi connectivity index (χ4n) is 3.17. The van der Waals surface area contributed by atoms with Crippen molar-refractivity contribution in [1.82, 2.24) is 5.32 Å². The van der Waals surface area contributed by atoms with Crippen molar-refractivity contribution in [3.05, 3.63) is 70.3 Å². The summed E-state index contributed by atoms with van der Waals surface area (Å²) in [5, 5.41) is 2.73. The van der Waals surface area contributed by atoms with E-state index in [1.807, 2.05) is 0 Å². The summed E-state index contributed by atoms with van der Waals surface area (Å²) >= 11 is 0. The van der Waals surface area contributed by atoms with Crippen molar-refractivity contribution in [2.45, 2.75) is 51.3 Å². The van der Waals surface area contributed by atoms with E-state index in [1.165, 1.54) is 29.8 Å². The number of fused-ring (bicyclic) bond motifs is 2. The molecule has 0 aromatic heterocycles. The van der Waals surface area contributed by atoms with Crippen LogP contribution in [0.3, 0.4) is 0 Å². The first kappa shape index (κ1) is 22.1. The van der Waals surface area contributed by atoms with Crippen molar-refractivity contribution in [2.24, 2.45) is 5.73 Å². The van der Waals surface area contributed by atoms with Crippen LogP contribution < -0.4 is 11.1 Å². The standard InChI is InChI=1S/C13H16FNO2.C8H8FN.ClH/c1-13(2,3)17-12(16)15-11-6-8-4-5-9(14)7-10(8)11;9-6-2-1-5-3-8(10)7(5)4-6;/h4-5,7,11H,6H2,1-3H3,(H,15,16);1-2,4,8H,3,10H2;1H. The van der Waals surface area contributed by atoms with Gasteiger partial charge in [0.1, 0.15) is 17.2 Å². The third-order valence-corrected chi connectivity index (χ3v) is 4.55. The molecular weight excluding hydrogens is 386 g/mol. The van der Waals surface area contributed by atoms with Gasteiger partial charge in [-0.05, 0) is 80.1 Å². The van der Waals surface area contributed by atoms with Gasteiger partial charge in [-0.3, -0.25) is 0 Å². The summed E-state index contributed by atoms with van der Waals surface area (Å²) in [5.41, 5.74) is 9.16. The summed E-state index contributed by atoms with van der Waals surface area (Å²) in [6.45, 7) is 5.42. The molecular formula is C21H25ClF2N2O2. The summed E-state index contributed by atoms with van der Waals surface area (Å²) < 4.78 is 30.7. The minimum atomic E-state index is -0.515. The van der Waals surface area contributed by atoms with Crippen LogP contribution >= 0.6 is 12.4 Å². The minimum Gasteiger partial charge on any atom is -0.444 e. The topological polar surface area (TPSA) is 64.3 Å². The molecule has 1 amide bonds. The highest BCUT2D eigenvalue weighted by molar-refractivity contribution is 5.85. The Kier molecular flexibility index (Phi) is 6.67. The Bertz CT molecular complexity index is 868. The predicted octanol–water partition coefficient (Wildman–Crippen LogP) is 4.75. The van der Waals surface area contributed by atoms with Crippen LogP contribution in [-0.2, 0) is 17.6 Å². The molecule has 0 saturated heterocycles. The summed E-state index contributed by atoms with van der Waals surface area (Å²) in [6, 6.07) is 9.38. The molecule has 2 aromatic carbocycles. The van der Waals surface area contributed by atoms with Crippen molar-refractivity contribution >= 4 is 18.5 Å². The Morgan fingerprint density at radius 1 is 1.04 bits per heavy atom. The van der Waals surface area contributed by atoms with Crippen LogP contribution in [0.2, 0.25) is 0 Å². The van der Waals surface area contributed by atoms with Crippen LogP contribution in [0.15, 0.2) is 36.4 Å². The van der Waals surface area contributed by atoms with Gasteiger partial charge in [0.15, 0.2) is 0 Å². The monoisotopic (exact) mass is 410 g/mol. The molecule has 28 heavy (non-hydrogen) atoms. The number of rotatable bonds is 1. The lowest BCUT2D eigenvalue weighted by atomic mass is 9.83. The maximum atomic E-state index is 13.0. The molecule has 0 spiro atoms. The number of nitrogens with two attached hydrogens (primary N) is 1. The van der Waals surface area contributed by atoms with Gasteiger partial charge in [-0.2, -0.15) is 0 Å². The number of hydrogen-bond acceptors (Lipinski definition) is 3. The molecule has 2 aromatic rings. The van der Waals surface area contributed by atoms with Gasteiger partial charge in [0.25, 0.3) is 0 Å². The second-order valence-electron chi connectivity index (χ2n) is 7.90. The highest BCUT2D eigenvalue weighted by Gasteiger charge is 2.29. The second kappa shape index (κ2) is 8.45. The number of carbonyl (C=O) groups excluding carboxylic acids is 1. The quantitative estimate of drug-likeness (QED) is 0.713. The average Bonchev–Trinajstić information content (AvgIpc) is 2.55. The van der Waals surface area contributed by atoms with Crippen LogP contribution in [0.5, 0.6) is 0 Å². The molecule has 0 fully saturated rings. The average molecular weight is 411 g/mol. The summed E-state index contributed by atoms with van der Waals surface area (Å²) in [4.78, 5) is 11.5. The Morgan fingerprint density at radius 2 is 1.57 bits per heavy atom. The molecule has 0 radical (unpaired) electrons. The molecule has 0 saturated carbocycles. The maximum Gasteiger partial charge on any atom is 0.408 e. The molecule has 4 rings (SSSR count). The lowest BCUT2D eigenvalue weighted by molar-refractivity contribution is 0.0497. The number of alkyl carbamates (subject to hydrolysis) is 1. The molecule has 0 bridgehead atoms. The first-order chi connectivity index (χ1) is 12.6. The third-order valence-electron chi connectivity index (χ3n) is 4.55. The van der Waals surface area contributed by atoms with Gasteiger partial charge in [0, 0.05) is 6.04 Å². The molecule has 0 aliphatic heterocycles. The molecule has 2 atom stereocenters. The number of carbonyl (C=O) groups is 1. The van der Waals surface area contributed by atoms with E-state index in [0.717, 1.165) is 29.5 Å². The predicted molar refractivity (Wildman–Crippen MR) is 106 cm³/mol. The molecule has 3 N–H and O–H groups in total. The molecule has 2 unspecified atom stereocenters. The van der Waals surface area contributed by atoms with Gasteiger partial charge in [0.05, 0.1) is 6.04 Å².